The molecule has 0 unspecified atom stereocenters. The summed E-state index contributed by atoms with van der Waals surface area (Å²) in [5, 5.41) is 10.7. The van der Waals surface area contributed by atoms with Crippen LogP contribution in [-0.2, 0) is 9.05 Å². The van der Waals surface area contributed by atoms with E-state index in [0.29, 0.717) is 18.6 Å². The smallest absolute Gasteiger partial charge is 0.312 e. The predicted octanol–water partition coefficient (Wildman–Crippen LogP) is 2.45. The van der Waals surface area contributed by atoms with Crippen LogP contribution in [0.1, 0.15) is 13.3 Å². The highest BCUT2D eigenvalue weighted by Crippen LogP contribution is 2.33. The highest BCUT2D eigenvalue weighted by molar-refractivity contribution is 8.13. The molecule has 0 aromatic heterocycles. The fourth-order valence-electron chi connectivity index (χ4n) is 1.18. The summed E-state index contributed by atoms with van der Waals surface area (Å²) in [5.41, 5.74) is -0.649. The first kappa shape index (κ1) is 14.7. The van der Waals surface area contributed by atoms with E-state index in [1.54, 1.807) is 6.92 Å². The van der Waals surface area contributed by atoms with E-state index in [9.17, 15) is 22.9 Å². The summed E-state index contributed by atoms with van der Waals surface area (Å²) in [6.07, 6.45) is 0.564. The molecule has 100 valence electrons. The highest BCUT2D eigenvalue weighted by Gasteiger charge is 2.25. The monoisotopic (exact) mass is 297 g/mol. The Hall–Kier alpha value is -1.41. The van der Waals surface area contributed by atoms with Crippen LogP contribution in [0.4, 0.5) is 10.1 Å². The molecule has 0 amide bonds. The second kappa shape index (κ2) is 5.49. The van der Waals surface area contributed by atoms with Crippen molar-refractivity contribution in [1.29, 1.82) is 0 Å². The van der Waals surface area contributed by atoms with E-state index in [1.165, 1.54) is 0 Å². The molecular formula is C9H9ClFNO5S. The molecule has 0 aliphatic heterocycles. The van der Waals surface area contributed by atoms with Gasteiger partial charge in [-0.25, -0.2) is 12.8 Å². The van der Waals surface area contributed by atoms with E-state index < -0.39 is 30.4 Å². The molecule has 0 spiro atoms. The first-order valence-electron chi connectivity index (χ1n) is 4.82. The van der Waals surface area contributed by atoms with Gasteiger partial charge in [-0.05, 0) is 6.42 Å². The normalized spacial score (nSPS) is 11.3. The molecule has 0 saturated carbocycles. The summed E-state index contributed by atoms with van der Waals surface area (Å²) >= 11 is 0. The molecule has 0 fully saturated rings. The molecular weight excluding hydrogens is 289 g/mol. The average Bonchev–Trinajstić information content (AvgIpc) is 2.23. The summed E-state index contributed by atoms with van der Waals surface area (Å²) in [5.74, 6) is -1.52. The van der Waals surface area contributed by atoms with Gasteiger partial charge in [0, 0.05) is 22.8 Å². The zero-order valence-corrected chi connectivity index (χ0v) is 10.8. The Kier molecular flexibility index (Phi) is 4.47. The lowest BCUT2D eigenvalue weighted by molar-refractivity contribution is -0.386. The van der Waals surface area contributed by atoms with Gasteiger partial charge in [-0.3, -0.25) is 10.1 Å². The molecule has 0 atom stereocenters. The molecule has 18 heavy (non-hydrogen) atoms. The van der Waals surface area contributed by atoms with Crippen molar-refractivity contribution in [3.8, 4) is 5.75 Å². The molecule has 1 rings (SSSR count). The summed E-state index contributed by atoms with van der Waals surface area (Å²) in [6, 6.07) is 1.19. The third kappa shape index (κ3) is 3.30. The fraction of sp³-hybridized carbons (Fsp3) is 0.333. The molecule has 6 nitrogen and oxygen atoms in total. The Bertz CT molecular complexity index is 575. The standard InChI is InChI=1S/C9H9ClFNO5S/c1-2-3-17-8-4-6(11)9(18(10,15)16)5-7(8)12(13)14/h4-5H,2-3H2,1H3. The lowest BCUT2D eigenvalue weighted by atomic mass is 10.3. The van der Waals surface area contributed by atoms with E-state index in [0.717, 1.165) is 0 Å². The quantitative estimate of drug-likeness (QED) is 0.473. The summed E-state index contributed by atoms with van der Waals surface area (Å²) in [4.78, 5) is 8.93. The van der Waals surface area contributed by atoms with Gasteiger partial charge in [0.25, 0.3) is 9.05 Å². The Morgan fingerprint density at radius 2 is 2.11 bits per heavy atom. The van der Waals surface area contributed by atoms with Gasteiger partial charge in [0.1, 0.15) is 10.7 Å². The van der Waals surface area contributed by atoms with Crippen LogP contribution in [0.15, 0.2) is 17.0 Å². The van der Waals surface area contributed by atoms with Crippen molar-refractivity contribution in [3.05, 3.63) is 28.1 Å². The van der Waals surface area contributed by atoms with Crippen LogP contribution in [0.25, 0.3) is 0 Å². The number of hydrogen-bond acceptors (Lipinski definition) is 5. The summed E-state index contributed by atoms with van der Waals surface area (Å²) < 4.78 is 40.5. The van der Waals surface area contributed by atoms with Crippen molar-refractivity contribution in [2.75, 3.05) is 6.61 Å². The van der Waals surface area contributed by atoms with Crippen LogP contribution in [0, 0.1) is 15.9 Å². The minimum Gasteiger partial charge on any atom is -0.487 e. The third-order valence-electron chi connectivity index (χ3n) is 1.93. The number of nitrogens with zero attached hydrogens (tertiary/aromatic N) is 1. The van der Waals surface area contributed by atoms with Crippen molar-refractivity contribution in [1.82, 2.24) is 0 Å². The van der Waals surface area contributed by atoms with Crippen molar-refractivity contribution in [3.63, 3.8) is 0 Å². The number of benzene rings is 1. The lowest BCUT2D eigenvalue weighted by Crippen LogP contribution is -2.03. The SMILES string of the molecule is CCCOc1cc(F)c(S(=O)(=O)Cl)cc1[N+](=O)[O-]. The minimum atomic E-state index is -4.39. The molecule has 0 N–H and O–H groups in total. The minimum absolute atomic E-state index is 0.146. The van der Waals surface area contributed by atoms with E-state index in [4.69, 9.17) is 15.4 Å². The maximum Gasteiger partial charge on any atom is 0.312 e. The van der Waals surface area contributed by atoms with Crippen molar-refractivity contribution >= 4 is 25.4 Å². The second-order valence-corrected chi connectivity index (χ2v) is 5.83. The van der Waals surface area contributed by atoms with Crippen LogP contribution in [0.5, 0.6) is 5.75 Å². The van der Waals surface area contributed by atoms with Gasteiger partial charge in [-0.15, -0.1) is 0 Å². The maximum atomic E-state index is 13.5. The van der Waals surface area contributed by atoms with Crippen LogP contribution < -0.4 is 4.74 Å². The average molecular weight is 298 g/mol. The number of ether oxygens (including phenoxy) is 1. The molecule has 9 heteroatoms. The first-order chi connectivity index (χ1) is 8.27. The van der Waals surface area contributed by atoms with Crippen molar-refractivity contribution in [2.24, 2.45) is 0 Å². The Morgan fingerprint density at radius 3 is 2.56 bits per heavy atom. The molecule has 0 bridgehead atoms. The number of nitro groups is 1. The lowest BCUT2D eigenvalue weighted by Gasteiger charge is -2.07. The van der Waals surface area contributed by atoms with Crippen LogP contribution in [-0.4, -0.2) is 19.9 Å². The zero-order valence-electron chi connectivity index (χ0n) is 9.22. The zero-order chi connectivity index (χ0) is 13.9. The largest absolute Gasteiger partial charge is 0.487 e. The number of rotatable bonds is 5. The van der Waals surface area contributed by atoms with E-state index >= 15 is 0 Å². The number of nitro benzene ring substituents is 1. The van der Waals surface area contributed by atoms with E-state index in [2.05, 4.69) is 0 Å². The van der Waals surface area contributed by atoms with Gasteiger partial charge in [0.15, 0.2) is 5.75 Å². The number of hydrogen-bond donors (Lipinski definition) is 0. The molecule has 0 aliphatic carbocycles. The second-order valence-electron chi connectivity index (χ2n) is 3.29. The van der Waals surface area contributed by atoms with Gasteiger partial charge < -0.3 is 4.74 Å². The Morgan fingerprint density at radius 1 is 1.50 bits per heavy atom. The van der Waals surface area contributed by atoms with Gasteiger partial charge in [-0.1, -0.05) is 6.92 Å². The van der Waals surface area contributed by atoms with Gasteiger partial charge >= 0.3 is 5.69 Å². The van der Waals surface area contributed by atoms with E-state index in [1.807, 2.05) is 0 Å². The Balaban J connectivity index is 3.39. The molecule has 0 aliphatic rings. The first-order valence-corrected chi connectivity index (χ1v) is 7.13. The van der Waals surface area contributed by atoms with Crippen LogP contribution in [0.2, 0.25) is 0 Å². The molecule has 0 heterocycles. The van der Waals surface area contributed by atoms with Crippen LogP contribution >= 0.6 is 10.7 Å². The summed E-state index contributed by atoms with van der Waals surface area (Å²) in [6.45, 7) is 1.91. The van der Waals surface area contributed by atoms with E-state index in [-0.39, 0.29) is 12.4 Å². The molecule has 1 aromatic rings. The topological polar surface area (TPSA) is 86.5 Å². The number of halogens is 2. The maximum absolute atomic E-state index is 13.5. The highest BCUT2D eigenvalue weighted by atomic mass is 35.7. The predicted molar refractivity (Wildman–Crippen MR) is 61.9 cm³/mol. The molecule has 1 aromatic carbocycles. The van der Waals surface area contributed by atoms with Gasteiger partial charge in [0.05, 0.1) is 11.5 Å². The van der Waals surface area contributed by atoms with Crippen molar-refractivity contribution < 1.29 is 22.5 Å². The molecule has 0 radical (unpaired) electrons. The fourth-order valence-corrected chi connectivity index (χ4v) is 2.08. The molecule has 0 saturated heterocycles. The van der Waals surface area contributed by atoms with Gasteiger partial charge in [-0.2, -0.15) is 0 Å². The third-order valence-corrected chi connectivity index (χ3v) is 3.27. The van der Waals surface area contributed by atoms with Crippen LogP contribution in [0.3, 0.4) is 0 Å². The van der Waals surface area contributed by atoms with Crippen molar-refractivity contribution in [2.45, 2.75) is 18.2 Å². The van der Waals surface area contributed by atoms with Gasteiger partial charge in [0.2, 0.25) is 0 Å². The summed E-state index contributed by atoms with van der Waals surface area (Å²) in [7, 11) is 0.576. The Labute approximate surface area is 107 Å².